The Bertz CT molecular complexity index is 310. The van der Waals surface area contributed by atoms with E-state index in [9.17, 15) is 4.79 Å². The molecule has 0 aliphatic heterocycles. The van der Waals surface area contributed by atoms with Crippen molar-refractivity contribution in [2.24, 2.45) is 0 Å². The topological polar surface area (TPSA) is 38.3 Å². The molecule has 0 aliphatic carbocycles. The van der Waals surface area contributed by atoms with E-state index >= 15 is 0 Å². The summed E-state index contributed by atoms with van der Waals surface area (Å²) in [4.78, 5) is 11.0. The van der Waals surface area contributed by atoms with Gasteiger partial charge < -0.3 is 10.1 Å². The van der Waals surface area contributed by atoms with Gasteiger partial charge in [0.05, 0.1) is 7.11 Å². The predicted octanol–water partition coefficient (Wildman–Crippen LogP) is 1.88. The summed E-state index contributed by atoms with van der Waals surface area (Å²) in [5.74, 6) is 0.723. The van der Waals surface area contributed by atoms with E-state index in [1.165, 1.54) is 0 Å². The Hall–Kier alpha value is -1.03. The van der Waals surface area contributed by atoms with Gasteiger partial charge in [-0.3, -0.25) is 4.79 Å². The zero-order valence-corrected chi connectivity index (χ0v) is 9.67. The van der Waals surface area contributed by atoms with Gasteiger partial charge in [-0.25, -0.2) is 0 Å². The summed E-state index contributed by atoms with van der Waals surface area (Å²) in [5, 5.41) is 2.57. The fraction of sp³-hybridized carbons (Fsp3) is 0.300. The van der Waals surface area contributed by atoms with Crippen LogP contribution in [0.2, 0.25) is 0 Å². The van der Waals surface area contributed by atoms with Gasteiger partial charge in [0, 0.05) is 7.05 Å². The van der Waals surface area contributed by atoms with Crippen LogP contribution in [-0.2, 0) is 4.79 Å². The zero-order valence-electron chi connectivity index (χ0n) is 8.08. The molecule has 0 fully saturated rings. The van der Waals surface area contributed by atoms with Gasteiger partial charge >= 0.3 is 0 Å². The summed E-state index contributed by atoms with van der Waals surface area (Å²) >= 11 is 3.31. The quantitative estimate of drug-likeness (QED) is 0.840. The molecule has 1 aromatic carbocycles. The third-order valence-corrected chi connectivity index (χ3v) is 2.83. The van der Waals surface area contributed by atoms with Crippen LogP contribution in [0.1, 0.15) is 10.4 Å². The van der Waals surface area contributed by atoms with Crippen molar-refractivity contribution in [1.82, 2.24) is 5.32 Å². The number of likely N-dealkylation sites (N-methyl/N-ethyl adjacent to an activating group) is 1. The molecular formula is C10H12BrNO2. The first-order chi connectivity index (χ1) is 6.69. The molecule has 1 rings (SSSR count). The maximum Gasteiger partial charge on any atom is 0.238 e. The van der Waals surface area contributed by atoms with Crippen molar-refractivity contribution < 1.29 is 9.53 Å². The van der Waals surface area contributed by atoms with E-state index in [-0.39, 0.29) is 10.7 Å². The normalized spacial score (nSPS) is 11.9. The molecule has 1 amide bonds. The zero-order chi connectivity index (χ0) is 10.6. The van der Waals surface area contributed by atoms with E-state index in [0.717, 1.165) is 11.3 Å². The smallest absolute Gasteiger partial charge is 0.238 e. The lowest BCUT2D eigenvalue weighted by Gasteiger charge is -2.08. The number of nitrogens with one attached hydrogen (secondary N) is 1. The standard InChI is InChI=1S/C10H12BrNO2/c1-12-10(13)9(11)7-3-5-8(14-2)6-4-7/h3-6,9H,1-2H3,(H,12,13). The summed E-state index contributed by atoms with van der Waals surface area (Å²) in [5.41, 5.74) is 0.908. The molecular weight excluding hydrogens is 246 g/mol. The number of hydrogen-bond acceptors (Lipinski definition) is 2. The molecule has 0 saturated carbocycles. The second-order valence-electron chi connectivity index (χ2n) is 2.75. The molecule has 0 bridgehead atoms. The summed E-state index contributed by atoms with van der Waals surface area (Å²) in [7, 11) is 3.22. The highest BCUT2D eigenvalue weighted by Gasteiger charge is 2.14. The van der Waals surface area contributed by atoms with E-state index in [1.54, 1.807) is 14.2 Å². The van der Waals surface area contributed by atoms with Crippen molar-refractivity contribution in [2.45, 2.75) is 4.83 Å². The third kappa shape index (κ3) is 2.48. The van der Waals surface area contributed by atoms with Gasteiger partial charge in [-0.05, 0) is 17.7 Å². The van der Waals surface area contributed by atoms with E-state index < -0.39 is 0 Å². The predicted molar refractivity (Wildman–Crippen MR) is 58.7 cm³/mol. The number of methoxy groups -OCH3 is 1. The minimum Gasteiger partial charge on any atom is -0.497 e. The molecule has 0 aliphatic rings. The number of ether oxygens (including phenoxy) is 1. The minimum atomic E-state index is -0.307. The second kappa shape index (κ2) is 5.00. The Morgan fingerprint density at radius 2 is 2.00 bits per heavy atom. The van der Waals surface area contributed by atoms with Gasteiger partial charge in [-0.1, -0.05) is 28.1 Å². The van der Waals surface area contributed by atoms with Crippen LogP contribution in [0.15, 0.2) is 24.3 Å². The fourth-order valence-electron chi connectivity index (χ4n) is 1.05. The molecule has 1 unspecified atom stereocenters. The van der Waals surface area contributed by atoms with E-state index in [1.807, 2.05) is 24.3 Å². The molecule has 0 saturated heterocycles. The first kappa shape index (κ1) is 11.0. The Morgan fingerprint density at radius 1 is 1.43 bits per heavy atom. The molecule has 1 N–H and O–H groups in total. The number of hydrogen-bond donors (Lipinski definition) is 1. The van der Waals surface area contributed by atoms with Gasteiger partial charge in [-0.2, -0.15) is 0 Å². The number of benzene rings is 1. The summed E-state index contributed by atoms with van der Waals surface area (Å²) < 4.78 is 5.02. The number of carbonyl (C=O) groups is 1. The Morgan fingerprint density at radius 3 is 2.43 bits per heavy atom. The lowest BCUT2D eigenvalue weighted by Crippen LogP contribution is -2.22. The van der Waals surface area contributed by atoms with Gasteiger partial charge in [0.15, 0.2) is 0 Å². The van der Waals surface area contributed by atoms with E-state index in [4.69, 9.17) is 4.74 Å². The first-order valence-corrected chi connectivity index (χ1v) is 5.10. The largest absolute Gasteiger partial charge is 0.497 e. The van der Waals surface area contributed by atoms with Gasteiger partial charge in [0.25, 0.3) is 0 Å². The van der Waals surface area contributed by atoms with Crippen LogP contribution in [-0.4, -0.2) is 20.1 Å². The number of rotatable bonds is 3. The molecule has 1 atom stereocenters. The molecule has 3 nitrogen and oxygen atoms in total. The van der Waals surface area contributed by atoms with Crippen LogP contribution in [0.4, 0.5) is 0 Å². The Balaban J connectivity index is 2.81. The Kier molecular flexibility index (Phi) is 3.95. The summed E-state index contributed by atoms with van der Waals surface area (Å²) in [6.45, 7) is 0. The molecule has 0 aromatic heterocycles. The minimum absolute atomic E-state index is 0.0600. The van der Waals surface area contributed by atoms with Crippen LogP contribution < -0.4 is 10.1 Å². The van der Waals surface area contributed by atoms with Crippen LogP contribution >= 0.6 is 15.9 Å². The molecule has 0 spiro atoms. The number of halogens is 1. The molecule has 0 heterocycles. The van der Waals surface area contributed by atoms with Crippen molar-refractivity contribution in [2.75, 3.05) is 14.2 Å². The van der Waals surface area contributed by atoms with Crippen LogP contribution in [0.3, 0.4) is 0 Å². The van der Waals surface area contributed by atoms with Gasteiger partial charge in [0.2, 0.25) is 5.91 Å². The molecule has 76 valence electrons. The van der Waals surface area contributed by atoms with E-state index in [2.05, 4.69) is 21.2 Å². The summed E-state index contributed by atoms with van der Waals surface area (Å²) in [6, 6.07) is 7.36. The third-order valence-electron chi connectivity index (χ3n) is 1.89. The molecule has 1 aromatic rings. The summed E-state index contributed by atoms with van der Waals surface area (Å²) in [6.07, 6.45) is 0. The SMILES string of the molecule is CNC(=O)C(Br)c1ccc(OC)cc1. The van der Waals surface area contributed by atoms with Crippen molar-refractivity contribution >= 4 is 21.8 Å². The van der Waals surface area contributed by atoms with Crippen LogP contribution in [0.25, 0.3) is 0 Å². The molecule has 14 heavy (non-hydrogen) atoms. The highest BCUT2D eigenvalue weighted by Crippen LogP contribution is 2.24. The molecule has 0 radical (unpaired) electrons. The lowest BCUT2D eigenvalue weighted by atomic mass is 10.1. The highest BCUT2D eigenvalue weighted by atomic mass is 79.9. The number of carbonyl (C=O) groups excluding carboxylic acids is 1. The number of amides is 1. The highest BCUT2D eigenvalue weighted by molar-refractivity contribution is 9.09. The lowest BCUT2D eigenvalue weighted by molar-refractivity contribution is -0.120. The first-order valence-electron chi connectivity index (χ1n) is 4.18. The van der Waals surface area contributed by atoms with Gasteiger partial charge in [0.1, 0.15) is 10.6 Å². The van der Waals surface area contributed by atoms with Crippen LogP contribution in [0, 0.1) is 0 Å². The average Bonchev–Trinajstić information content (AvgIpc) is 2.27. The molecule has 4 heteroatoms. The van der Waals surface area contributed by atoms with Crippen LogP contribution in [0.5, 0.6) is 5.75 Å². The van der Waals surface area contributed by atoms with Crippen molar-refractivity contribution in [1.29, 1.82) is 0 Å². The fourth-order valence-corrected chi connectivity index (χ4v) is 1.59. The average molecular weight is 258 g/mol. The van der Waals surface area contributed by atoms with Gasteiger partial charge in [-0.15, -0.1) is 0 Å². The van der Waals surface area contributed by atoms with Crippen molar-refractivity contribution in [3.8, 4) is 5.75 Å². The second-order valence-corrected chi connectivity index (χ2v) is 3.67. The Labute approximate surface area is 91.6 Å². The van der Waals surface area contributed by atoms with Crippen molar-refractivity contribution in [3.63, 3.8) is 0 Å². The van der Waals surface area contributed by atoms with E-state index in [0.29, 0.717) is 0 Å². The number of alkyl halides is 1. The maximum atomic E-state index is 11.3. The monoisotopic (exact) mass is 257 g/mol. The van der Waals surface area contributed by atoms with Crippen molar-refractivity contribution in [3.05, 3.63) is 29.8 Å². The maximum absolute atomic E-state index is 11.3.